The Kier molecular flexibility index (Phi) is 3.00. The SMILES string of the molecule is Nc1cncnc1Nc1cc(F)ccc1Br. The van der Waals surface area contributed by atoms with Crippen LogP contribution in [0.1, 0.15) is 0 Å². The van der Waals surface area contributed by atoms with Gasteiger partial charge in [0.1, 0.15) is 12.1 Å². The maximum absolute atomic E-state index is 13.0. The highest BCUT2D eigenvalue weighted by Crippen LogP contribution is 2.27. The van der Waals surface area contributed by atoms with E-state index in [0.29, 0.717) is 17.2 Å². The van der Waals surface area contributed by atoms with E-state index in [-0.39, 0.29) is 5.82 Å². The largest absolute Gasteiger partial charge is 0.394 e. The van der Waals surface area contributed by atoms with Gasteiger partial charge in [0, 0.05) is 4.47 Å². The molecule has 0 radical (unpaired) electrons. The van der Waals surface area contributed by atoms with E-state index in [1.54, 1.807) is 6.07 Å². The molecule has 0 aliphatic rings. The first-order valence-electron chi connectivity index (χ1n) is 4.44. The summed E-state index contributed by atoms with van der Waals surface area (Å²) >= 11 is 3.30. The zero-order valence-corrected chi connectivity index (χ0v) is 9.70. The van der Waals surface area contributed by atoms with Gasteiger partial charge in [-0.3, -0.25) is 0 Å². The molecule has 82 valence electrons. The van der Waals surface area contributed by atoms with Crippen molar-refractivity contribution in [3.05, 3.63) is 41.0 Å². The Bertz CT molecular complexity index is 518. The first-order valence-corrected chi connectivity index (χ1v) is 5.23. The van der Waals surface area contributed by atoms with Crippen LogP contribution < -0.4 is 11.1 Å². The molecule has 0 aliphatic heterocycles. The van der Waals surface area contributed by atoms with Crippen molar-refractivity contribution in [3.8, 4) is 0 Å². The van der Waals surface area contributed by atoms with Crippen molar-refractivity contribution in [1.29, 1.82) is 0 Å². The van der Waals surface area contributed by atoms with Gasteiger partial charge in [-0.05, 0) is 34.1 Å². The van der Waals surface area contributed by atoms with Crippen LogP contribution in [0.5, 0.6) is 0 Å². The summed E-state index contributed by atoms with van der Waals surface area (Å²) in [5, 5.41) is 2.92. The van der Waals surface area contributed by atoms with Gasteiger partial charge in [-0.25, -0.2) is 14.4 Å². The van der Waals surface area contributed by atoms with Crippen molar-refractivity contribution in [1.82, 2.24) is 9.97 Å². The monoisotopic (exact) mass is 282 g/mol. The molecule has 2 aromatic rings. The van der Waals surface area contributed by atoms with Gasteiger partial charge in [-0.2, -0.15) is 0 Å². The van der Waals surface area contributed by atoms with Crippen LogP contribution in [0.2, 0.25) is 0 Å². The quantitative estimate of drug-likeness (QED) is 0.889. The van der Waals surface area contributed by atoms with Gasteiger partial charge in [0.05, 0.1) is 17.6 Å². The summed E-state index contributed by atoms with van der Waals surface area (Å²) in [6.45, 7) is 0. The lowest BCUT2D eigenvalue weighted by molar-refractivity contribution is 0.628. The minimum atomic E-state index is -0.335. The summed E-state index contributed by atoms with van der Waals surface area (Å²) in [4.78, 5) is 7.72. The molecule has 2 rings (SSSR count). The van der Waals surface area contributed by atoms with E-state index in [1.165, 1.54) is 24.7 Å². The minimum absolute atomic E-state index is 0.335. The van der Waals surface area contributed by atoms with Crippen LogP contribution in [-0.4, -0.2) is 9.97 Å². The van der Waals surface area contributed by atoms with Crippen molar-refractivity contribution < 1.29 is 4.39 Å². The maximum atomic E-state index is 13.0. The van der Waals surface area contributed by atoms with Crippen LogP contribution in [0.15, 0.2) is 35.2 Å². The number of rotatable bonds is 2. The Hall–Kier alpha value is -1.69. The molecule has 6 heteroatoms. The molecule has 0 aliphatic carbocycles. The third kappa shape index (κ3) is 2.27. The molecule has 1 aromatic carbocycles. The van der Waals surface area contributed by atoms with Crippen LogP contribution in [0.25, 0.3) is 0 Å². The molecule has 1 aromatic heterocycles. The van der Waals surface area contributed by atoms with Crippen molar-refractivity contribution in [2.24, 2.45) is 0 Å². The first-order chi connectivity index (χ1) is 7.66. The van der Waals surface area contributed by atoms with E-state index < -0.39 is 0 Å². The van der Waals surface area contributed by atoms with E-state index in [2.05, 4.69) is 31.2 Å². The summed E-state index contributed by atoms with van der Waals surface area (Å²) in [5.74, 6) is 0.111. The normalized spacial score (nSPS) is 10.1. The van der Waals surface area contributed by atoms with Crippen LogP contribution in [0, 0.1) is 5.82 Å². The summed E-state index contributed by atoms with van der Waals surface area (Å²) in [6.07, 6.45) is 2.84. The van der Waals surface area contributed by atoms with Gasteiger partial charge in [0.15, 0.2) is 5.82 Å². The van der Waals surface area contributed by atoms with Crippen molar-refractivity contribution >= 4 is 33.1 Å². The molecule has 0 fully saturated rings. The molecule has 0 amide bonds. The molecule has 16 heavy (non-hydrogen) atoms. The third-order valence-electron chi connectivity index (χ3n) is 1.92. The molecule has 3 N–H and O–H groups in total. The van der Waals surface area contributed by atoms with Crippen LogP contribution >= 0.6 is 15.9 Å². The van der Waals surface area contributed by atoms with Gasteiger partial charge in [0.25, 0.3) is 0 Å². The predicted molar refractivity (Wildman–Crippen MR) is 63.8 cm³/mol. The molecule has 0 saturated heterocycles. The minimum Gasteiger partial charge on any atom is -0.394 e. The zero-order valence-electron chi connectivity index (χ0n) is 8.11. The molecule has 4 nitrogen and oxygen atoms in total. The average Bonchev–Trinajstić information content (AvgIpc) is 2.27. The van der Waals surface area contributed by atoms with Gasteiger partial charge < -0.3 is 11.1 Å². The van der Waals surface area contributed by atoms with E-state index in [0.717, 1.165) is 4.47 Å². The Labute approximate surface area is 99.9 Å². The standard InChI is InChI=1S/C10H8BrFN4/c11-7-2-1-6(12)3-9(7)16-10-8(13)4-14-5-15-10/h1-5H,13H2,(H,14,15,16). The Morgan fingerprint density at radius 2 is 2.19 bits per heavy atom. The lowest BCUT2D eigenvalue weighted by Gasteiger charge is -2.09. The molecule has 1 heterocycles. The number of hydrogen-bond donors (Lipinski definition) is 2. The fraction of sp³-hybridized carbons (Fsp3) is 0. The van der Waals surface area contributed by atoms with Crippen molar-refractivity contribution in [2.45, 2.75) is 0 Å². The third-order valence-corrected chi connectivity index (χ3v) is 2.61. The second-order valence-corrected chi connectivity index (χ2v) is 3.93. The number of nitrogens with zero attached hydrogens (tertiary/aromatic N) is 2. The zero-order chi connectivity index (χ0) is 11.5. The highest BCUT2D eigenvalue weighted by molar-refractivity contribution is 9.10. The Balaban J connectivity index is 2.34. The van der Waals surface area contributed by atoms with Crippen LogP contribution in [-0.2, 0) is 0 Å². The number of anilines is 3. The Morgan fingerprint density at radius 1 is 1.38 bits per heavy atom. The van der Waals surface area contributed by atoms with Gasteiger partial charge >= 0.3 is 0 Å². The van der Waals surface area contributed by atoms with Gasteiger partial charge in [-0.15, -0.1) is 0 Å². The van der Waals surface area contributed by atoms with Crippen LogP contribution in [0.3, 0.4) is 0 Å². The molecule has 0 atom stereocenters. The fourth-order valence-electron chi connectivity index (χ4n) is 1.17. The maximum Gasteiger partial charge on any atom is 0.157 e. The van der Waals surface area contributed by atoms with Crippen molar-refractivity contribution in [3.63, 3.8) is 0 Å². The van der Waals surface area contributed by atoms with Gasteiger partial charge in [0.2, 0.25) is 0 Å². The second kappa shape index (κ2) is 4.44. The molecule has 0 saturated carbocycles. The first kappa shape index (κ1) is 10.8. The number of aromatic nitrogens is 2. The summed E-state index contributed by atoms with van der Waals surface area (Å²) < 4.78 is 13.8. The van der Waals surface area contributed by atoms with E-state index in [4.69, 9.17) is 5.73 Å². The smallest absolute Gasteiger partial charge is 0.157 e. The number of nitrogens with one attached hydrogen (secondary N) is 1. The molecular formula is C10H8BrFN4. The number of nitrogen functional groups attached to an aromatic ring is 1. The molecule has 0 spiro atoms. The number of halogens is 2. The van der Waals surface area contributed by atoms with Crippen molar-refractivity contribution in [2.75, 3.05) is 11.1 Å². The van der Waals surface area contributed by atoms with E-state index in [1.807, 2.05) is 0 Å². The highest BCUT2D eigenvalue weighted by Gasteiger charge is 2.05. The number of benzene rings is 1. The second-order valence-electron chi connectivity index (χ2n) is 3.08. The predicted octanol–water partition coefficient (Wildman–Crippen LogP) is 2.70. The fourth-order valence-corrected chi connectivity index (χ4v) is 1.51. The Morgan fingerprint density at radius 3 is 2.94 bits per heavy atom. The summed E-state index contributed by atoms with van der Waals surface area (Å²) in [6, 6.07) is 4.32. The topological polar surface area (TPSA) is 63.8 Å². The average molecular weight is 283 g/mol. The lowest BCUT2D eigenvalue weighted by atomic mass is 10.3. The molecule has 0 bridgehead atoms. The van der Waals surface area contributed by atoms with Crippen LogP contribution in [0.4, 0.5) is 21.6 Å². The molecular weight excluding hydrogens is 275 g/mol. The highest BCUT2D eigenvalue weighted by atomic mass is 79.9. The van der Waals surface area contributed by atoms with Gasteiger partial charge in [-0.1, -0.05) is 0 Å². The summed E-state index contributed by atoms with van der Waals surface area (Å²) in [7, 11) is 0. The number of hydrogen-bond acceptors (Lipinski definition) is 4. The molecule has 0 unspecified atom stereocenters. The van der Waals surface area contributed by atoms with E-state index in [9.17, 15) is 4.39 Å². The summed E-state index contributed by atoms with van der Waals surface area (Å²) in [5.41, 5.74) is 6.62. The lowest BCUT2D eigenvalue weighted by Crippen LogP contribution is -2.00. The number of nitrogens with two attached hydrogens (primary N) is 1. The van der Waals surface area contributed by atoms with E-state index >= 15 is 0 Å².